The van der Waals surface area contributed by atoms with Gasteiger partial charge in [-0.2, -0.15) is 5.10 Å². The summed E-state index contributed by atoms with van der Waals surface area (Å²) in [5.41, 5.74) is 6.18. The molecule has 0 aliphatic rings. The van der Waals surface area contributed by atoms with Gasteiger partial charge >= 0.3 is 0 Å². The molecule has 1 heterocycles. The summed E-state index contributed by atoms with van der Waals surface area (Å²) in [7, 11) is 1.86. The lowest BCUT2D eigenvalue weighted by atomic mass is 10.2. The molecular formula is C9H16N4O. The Morgan fingerprint density at radius 1 is 1.64 bits per heavy atom. The van der Waals surface area contributed by atoms with Gasteiger partial charge in [0.25, 0.3) is 0 Å². The average Bonchev–Trinajstić information content (AvgIpc) is 2.51. The van der Waals surface area contributed by atoms with Crippen LogP contribution in [0, 0.1) is 0 Å². The molecule has 1 amide bonds. The number of hydrogen-bond donors (Lipinski definition) is 2. The van der Waals surface area contributed by atoms with Crippen LogP contribution in [0.25, 0.3) is 0 Å². The quantitative estimate of drug-likeness (QED) is 0.708. The largest absolute Gasteiger partial charge is 0.368 e. The molecule has 14 heavy (non-hydrogen) atoms. The Morgan fingerprint density at radius 2 is 2.29 bits per heavy atom. The first-order chi connectivity index (χ1) is 6.52. The monoisotopic (exact) mass is 196 g/mol. The summed E-state index contributed by atoms with van der Waals surface area (Å²) in [4.78, 5) is 10.8. The van der Waals surface area contributed by atoms with Crippen molar-refractivity contribution in [3.05, 3.63) is 18.0 Å². The third-order valence-electron chi connectivity index (χ3n) is 2.23. The molecule has 0 aromatic carbocycles. The number of hydrogen-bond acceptors (Lipinski definition) is 3. The summed E-state index contributed by atoms with van der Waals surface area (Å²) in [5, 5.41) is 7.14. The fourth-order valence-electron chi connectivity index (χ4n) is 1.35. The standard InChI is InChI=1S/C9H16N4O/c1-6(12-7(2)9(10)14)8-4-5-11-13(8)3/h4-7,12H,1-3H3,(H2,10,14). The number of rotatable bonds is 4. The van der Waals surface area contributed by atoms with Crippen molar-refractivity contribution >= 4 is 5.91 Å². The average molecular weight is 196 g/mol. The molecule has 0 aliphatic carbocycles. The number of carbonyl (C=O) groups excluding carboxylic acids is 1. The van der Waals surface area contributed by atoms with Crippen molar-refractivity contribution in [1.82, 2.24) is 15.1 Å². The van der Waals surface area contributed by atoms with Crippen LogP contribution in [0.3, 0.4) is 0 Å². The van der Waals surface area contributed by atoms with Crippen molar-refractivity contribution in [3.8, 4) is 0 Å². The second kappa shape index (κ2) is 4.23. The molecule has 0 bridgehead atoms. The van der Waals surface area contributed by atoms with Gasteiger partial charge in [-0.3, -0.25) is 14.8 Å². The molecule has 1 aromatic heterocycles. The van der Waals surface area contributed by atoms with Crippen LogP contribution in [-0.4, -0.2) is 21.7 Å². The van der Waals surface area contributed by atoms with Gasteiger partial charge in [-0.1, -0.05) is 0 Å². The highest BCUT2D eigenvalue weighted by Crippen LogP contribution is 2.10. The van der Waals surface area contributed by atoms with Gasteiger partial charge < -0.3 is 5.73 Å². The van der Waals surface area contributed by atoms with Crippen molar-refractivity contribution in [1.29, 1.82) is 0 Å². The van der Waals surface area contributed by atoms with Crippen molar-refractivity contribution in [3.63, 3.8) is 0 Å². The fourth-order valence-corrected chi connectivity index (χ4v) is 1.35. The van der Waals surface area contributed by atoms with Gasteiger partial charge in [0.15, 0.2) is 0 Å². The van der Waals surface area contributed by atoms with Crippen molar-refractivity contribution in [2.45, 2.75) is 25.9 Å². The Kier molecular flexibility index (Phi) is 3.24. The van der Waals surface area contributed by atoms with Gasteiger partial charge in [-0.15, -0.1) is 0 Å². The van der Waals surface area contributed by atoms with E-state index in [0.717, 1.165) is 5.69 Å². The lowest BCUT2D eigenvalue weighted by Gasteiger charge is -2.17. The Balaban J connectivity index is 2.63. The van der Waals surface area contributed by atoms with Gasteiger partial charge in [0.2, 0.25) is 5.91 Å². The predicted octanol–water partition coefficient (Wildman–Crippen LogP) is -0.0555. The van der Waals surface area contributed by atoms with Crippen LogP contribution in [-0.2, 0) is 11.8 Å². The zero-order valence-corrected chi connectivity index (χ0v) is 8.69. The highest BCUT2D eigenvalue weighted by Gasteiger charge is 2.15. The minimum absolute atomic E-state index is 0.0602. The van der Waals surface area contributed by atoms with E-state index in [2.05, 4.69) is 10.4 Å². The number of nitrogens with zero attached hydrogens (tertiary/aromatic N) is 2. The molecule has 0 aliphatic heterocycles. The first-order valence-electron chi connectivity index (χ1n) is 4.55. The molecule has 0 fully saturated rings. The topological polar surface area (TPSA) is 72.9 Å². The van der Waals surface area contributed by atoms with E-state index in [1.54, 1.807) is 17.8 Å². The summed E-state index contributed by atoms with van der Waals surface area (Å²) in [6.45, 7) is 3.71. The van der Waals surface area contributed by atoms with Crippen LogP contribution in [0.5, 0.6) is 0 Å². The van der Waals surface area contributed by atoms with Crippen molar-refractivity contribution < 1.29 is 4.79 Å². The van der Waals surface area contributed by atoms with Crippen molar-refractivity contribution in [2.24, 2.45) is 12.8 Å². The van der Waals surface area contributed by atoms with Gasteiger partial charge in [-0.05, 0) is 19.9 Å². The molecule has 78 valence electrons. The molecule has 2 atom stereocenters. The number of primary amides is 1. The lowest BCUT2D eigenvalue weighted by Crippen LogP contribution is -2.40. The van der Waals surface area contributed by atoms with E-state index in [9.17, 15) is 4.79 Å². The van der Waals surface area contributed by atoms with Crippen LogP contribution in [0.1, 0.15) is 25.6 Å². The minimum atomic E-state index is -0.348. The molecule has 2 unspecified atom stereocenters. The maximum atomic E-state index is 10.8. The zero-order valence-electron chi connectivity index (χ0n) is 8.69. The maximum Gasteiger partial charge on any atom is 0.234 e. The second-order valence-corrected chi connectivity index (χ2v) is 3.39. The van der Waals surface area contributed by atoms with E-state index in [1.807, 2.05) is 20.0 Å². The SMILES string of the molecule is CC(NC(C)c1ccnn1C)C(N)=O. The van der Waals surface area contributed by atoms with Crippen LogP contribution < -0.4 is 11.1 Å². The first-order valence-corrected chi connectivity index (χ1v) is 4.55. The van der Waals surface area contributed by atoms with Gasteiger partial charge in [0.05, 0.1) is 11.7 Å². The van der Waals surface area contributed by atoms with E-state index >= 15 is 0 Å². The third kappa shape index (κ3) is 2.32. The predicted molar refractivity (Wildman–Crippen MR) is 53.4 cm³/mol. The summed E-state index contributed by atoms with van der Waals surface area (Å²) in [5.74, 6) is -0.348. The van der Waals surface area contributed by atoms with E-state index in [4.69, 9.17) is 5.73 Å². The normalized spacial score (nSPS) is 15.1. The first kappa shape index (κ1) is 10.7. The molecule has 1 rings (SSSR count). The molecule has 0 spiro atoms. The summed E-state index contributed by atoms with van der Waals surface area (Å²) in [6, 6.07) is 1.63. The summed E-state index contributed by atoms with van der Waals surface area (Å²) < 4.78 is 1.77. The van der Waals surface area contributed by atoms with Gasteiger partial charge in [-0.25, -0.2) is 0 Å². The number of nitrogens with one attached hydrogen (secondary N) is 1. The second-order valence-electron chi connectivity index (χ2n) is 3.39. The number of nitrogens with two attached hydrogens (primary N) is 1. The zero-order chi connectivity index (χ0) is 10.7. The molecule has 0 radical (unpaired) electrons. The molecule has 1 aromatic rings. The van der Waals surface area contributed by atoms with E-state index in [0.29, 0.717) is 0 Å². The molecule has 0 saturated carbocycles. The fraction of sp³-hybridized carbons (Fsp3) is 0.556. The number of aromatic nitrogens is 2. The van der Waals surface area contributed by atoms with Crippen LogP contribution in [0.4, 0.5) is 0 Å². The number of carbonyl (C=O) groups is 1. The van der Waals surface area contributed by atoms with Crippen LogP contribution >= 0.6 is 0 Å². The maximum absolute atomic E-state index is 10.8. The van der Waals surface area contributed by atoms with E-state index < -0.39 is 0 Å². The lowest BCUT2D eigenvalue weighted by molar-refractivity contribution is -0.119. The Bertz CT molecular complexity index is 320. The summed E-state index contributed by atoms with van der Waals surface area (Å²) in [6.07, 6.45) is 1.72. The smallest absolute Gasteiger partial charge is 0.234 e. The number of amides is 1. The van der Waals surface area contributed by atoms with E-state index in [-0.39, 0.29) is 18.0 Å². The van der Waals surface area contributed by atoms with Gasteiger partial charge in [0.1, 0.15) is 0 Å². The highest BCUT2D eigenvalue weighted by atomic mass is 16.1. The molecule has 5 heteroatoms. The highest BCUT2D eigenvalue weighted by molar-refractivity contribution is 5.79. The number of aryl methyl sites for hydroxylation is 1. The van der Waals surface area contributed by atoms with Gasteiger partial charge in [0, 0.05) is 19.3 Å². The Morgan fingerprint density at radius 3 is 2.71 bits per heavy atom. The Hall–Kier alpha value is -1.36. The van der Waals surface area contributed by atoms with Crippen molar-refractivity contribution in [2.75, 3.05) is 0 Å². The minimum Gasteiger partial charge on any atom is -0.368 e. The molecular weight excluding hydrogens is 180 g/mol. The summed E-state index contributed by atoms with van der Waals surface area (Å²) >= 11 is 0. The van der Waals surface area contributed by atoms with Crippen LogP contribution in [0.2, 0.25) is 0 Å². The van der Waals surface area contributed by atoms with Crippen LogP contribution in [0.15, 0.2) is 12.3 Å². The molecule has 5 nitrogen and oxygen atoms in total. The molecule has 3 N–H and O–H groups in total. The Labute approximate surface area is 83.3 Å². The van der Waals surface area contributed by atoms with E-state index in [1.165, 1.54) is 0 Å². The molecule has 0 saturated heterocycles. The third-order valence-corrected chi connectivity index (χ3v) is 2.23.